The van der Waals surface area contributed by atoms with E-state index in [2.05, 4.69) is 28.1 Å². The number of fused-ring (bicyclic) bond motifs is 5. The van der Waals surface area contributed by atoms with Crippen molar-refractivity contribution < 1.29 is 9.90 Å². The second-order valence-corrected chi connectivity index (χ2v) is 7.53. The Balaban J connectivity index is 1.65. The number of aromatic hydroxyl groups is 1. The molecule has 2 N–H and O–H groups in total. The number of hydrogen-bond donors (Lipinski definition) is 2. The number of nitrogens with zero attached hydrogens (tertiary/aromatic N) is 1. The third kappa shape index (κ3) is 2.80. The van der Waals surface area contributed by atoms with E-state index >= 15 is 0 Å². The van der Waals surface area contributed by atoms with Crippen LogP contribution in [0.25, 0.3) is 32.6 Å². The summed E-state index contributed by atoms with van der Waals surface area (Å²) in [5, 5.41) is 18.1. The summed E-state index contributed by atoms with van der Waals surface area (Å²) in [6, 6.07) is 22.5. The molecular weight excluding hydrogens is 384 g/mol. The molecular formula is C24H17ClN2O2. The molecule has 0 unspecified atom stereocenters. The molecule has 4 aromatic carbocycles. The van der Waals surface area contributed by atoms with E-state index in [0.29, 0.717) is 10.7 Å². The zero-order valence-corrected chi connectivity index (χ0v) is 16.4. The molecule has 0 spiro atoms. The Morgan fingerprint density at radius 1 is 0.931 bits per heavy atom. The number of carbonyl (C=O) groups excluding carboxylic acids is 1. The highest BCUT2D eigenvalue weighted by Gasteiger charge is 2.16. The lowest BCUT2D eigenvalue weighted by atomic mass is 10.0. The van der Waals surface area contributed by atoms with Crippen LogP contribution in [0.15, 0.2) is 72.8 Å². The standard InChI is InChI=1S/C24H17ClN2O2/c1-27-21-5-3-2-4-17(21)18-11-6-14-12-20(22(28)13-19(14)23(18)27)24(29)26-16-9-7-15(25)8-10-16/h2-13,28H,1H3,(H,26,29). The molecule has 0 aliphatic carbocycles. The van der Waals surface area contributed by atoms with Gasteiger partial charge in [-0.3, -0.25) is 4.79 Å². The maximum Gasteiger partial charge on any atom is 0.259 e. The fourth-order valence-corrected chi connectivity index (χ4v) is 4.08. The monoisotopic (exact) mass is 400 g/mol. The van der Waals surface area contributed by atoms with Gasteiger partial charge < -0.3 is 15.0 Å². The molecule has 0 atom stereocenters. The minimum atomic E-state index is -0.371. The number of halogens is 1. The summed E-state index contributed by atoms with van der Waals surface area (Å²) in [5.74, 6) is -0.425. The molecule has 1 aromatic heterocycles. The Morgan fingerprint density at radius 3 is 2.48 bits per heavy atom. The van der Waals surface area contributed by atoms with Gasteiger partial charge in [-0.2, -0.15) is 0 Å². The molecule has 5 aromatic rings. The number of para-hydroxylation sites is 1. The number of hydrogen-bond acceptors (Lipinski definition) is 2. The lowest BCUT2D eigenvalue weighted by Crippen LogP contribution is -2.12. The van der Waals surface area contributed by atoms with Gasteiger partial charge in [0, 0.05) is 39.4 Å². The van der Waals surface area contributed by atoms with E-state index in [-0.39, 0.29) is 17.2 Å². The van der Waals surface area contributed by atoms with Gasteiger partial charge in [-0.05, 0) is 47.9 Å². The first-order chi connectivity index (χ1) is 14.0. The Morgan fingerprint density at radius 2 is 1.69 bits per heavy atom. The predicted octanol–water partition coefficient (Wildman–Crippen LogP) is 6.10. The largest absolute Gasteiger partial charge is 0.507 e. The number of benzene rings is 4. The summed E-state index contributed by atoms with van der Waals surface area (Å²) in [6.45, 7) is 0. The lowest BCUT2D eigenvalue weighted by Gasteiger charge is -2.10. The summed E-state index contributed by atoms with van der Waals surface area (Å²) < 4.78 is 2.12. The minimum absolute atomic E-state index is 0.0540. The van der Waals surface area contributed by atoms with Crippen LogP contribution in [0.3, 0.4) is 0 Å². The molecule has 1 amide bonds. The zero-order chi connectivity index (χ0) is 20.1. The highest BCUT2D eigenvalue weighted by Crippen LogP contribution is 2.36. The highest BCUT2D eigenvalue weighted by atomic mass is 35.5. The van der Waals surface area contributed by atoms with Crippen LogP contribution in [0, 0.1) is 0 Å². The summed E-state index contributed by atoms with van der Waals surface area (Å²) in [4.78, 5) is 12.7. The van der Waals surface area contributed by atoms with E-state index in [4.69, 9.17) is 11.6 Å². The van der Waals surface area contributed by atoms with Crippen LogP contribution in [0.2, 0.25) is 5.02 Å². The van der Waals surface area contributed by atoms with Crippen molar-refractivity contribution in [1.29, 1.82) is 0 Å². The van der Waals surface area contributed by atoms with E-state index in [9.17, 15) is 9.90 Å². The SMILES string of the molecule is Cn1c2ccccc2c2ccc3cc(C(=O)Nc4ccc(Cl)cc4)c(O)cc3c21. The average Bonchev–Trinajstić information content (AvgIpc) is 3.02. The van der Waals surface area contributed by atoms with Gasteiger partial charge in [0.15, 0.2) is 0 Å². The van der Waals surface area contributed by atoms with Gasteiger partial charge in [-0.15, -0.1) is 0 Å². The summed E-state index contributed by atoms with van der Waals surface area (Å²) in [6.07, 6.45) is 0. The minimum Gasteiger partial charge on any atom is -0.507 e. The van der Waals surface area contributed by atoms with Crippen molar-refractivity contribution in [2.24, 2.45) is 7.05 Å². The van der Waals surface area contributed by atoms with Gasteiger partial charge in [-0.1, -0.05) is 41.9 Å². The molecule has 5 rings (SSSR count). The lowest BCUT2D eigenvalue weighted by molar-refractivity contribution is 0.102. The molecule has 4 nitrogen and oxygen atoms in total. The molecule has 0 aliphatic rings. The van der Waals surface area contributed by atoms with Crippen molar-refractivity contribution in [3.63, 3.8) is 0 Å². The van der Waals surface area contributed by atoms with Crippen LogP contribution in [-0.2, 0) is 7.05 Å². The molecule has 0 aliphatic heterocycles. The number of phenolic OH excluding ortho intramolecular Hbond substituents is 1. The van der Waals surface area contributed by atoms with Crippen molar-refractivity contribution in [2.45, 2.75) is 0 Å². The number of anilines is 1. The number of rotatable bonds is 2. The molecule has 142 valence electrons. The van der Waals surface area contributed by atoms with E-state index in [0.717, 1.165) is 32.6 Å². The Bertz CT molecular complexity index is 1420. The van der Waals surface area contributed by atoms with Gasteiger partial charge in [0.2, 0.25) is 0 Å². The molecule has 0 saturated carbocycles. The van der Waals surface area contributed by atoms with Crippen LogP contribution in [-0.4, -0.2) is 15.6 Å². The smallest absolute Gasteiger partial charge is 0.259 e. The third-order valence-corrected chi connectivity index (χ3v) is 5.60. The van der Waals surface area contributed by atoms with Crippen LogP contribution in [0.5, 0.6) is 5.75 Å². The molecule has 0 bridgehead atoms. The van der Waals surface area contributed by atoms with Crippen LogP contribution in [0.1, 0.15) is 10.4 Å². The first-order valence-corrected chi connectivity index (χ1v) is 9.60. The number of aryl methyl sites for hydroxylation is 1. The van der Waals surface area contributed by atoms with Crippen LogP contribution < -0.4 is 5.32 Å². The van der Waals surface area contributed by atoms with E-state index in [1.54, 1.807) is 36.4 Å². The summed E-state index contributed by atoms with van der Waals surface area (Å²) in [7, 11) is 2.02. The number of phenols is 1. The van der Waals surface area contributed by atoms with Crippen LogP contribution in [0.4, 0.5) is 5.69 Å². The average molecular weight is 401 g/mol. The Labute approximate surface area is 171 Å². The van der Waals surface area contributed by atoms with Gasteiger partial charge in [0.1, 0.15) is 5.75 Å². The highest BCUT2D eigenvalue weighted by molar-refractivity contribution is 6.30. The first-order valence-electron chi connectivity index (χ1n) is 9.23. The maximum absolute atomic E-state index is 12.7. The second kappa shape index (κ2) is 6.54. The normalized spacial score (nSPS) is 11.4. The van der Waals surface area contributed by atoms with Crippen molar-refractivity contribution in [3.8, 4) is 5.75 Å². The van der Waals surface area contributed by atoms with Crippen molar-refractivity contribution in [3.05, 3.63) is 83.4 Å². The van der Waals surface area contributed by atoms with Gasteiger partial charge >= 0.3 is 0 Å². The fraction of sp³-hybridized carbons (Fsp3) is 0.0417. The predicted molar refractivity (Wildman–Crippen MR) is 119 cm³/mol. The summed E-state index contributed by atoms with van der Waals surface area (Å²) in [5.41, 5.74) is 3.00. The first kappa shape index (κ1) is 17.6. The fourth-order valence-electron chi connectivity index (χ4n) is 3.95. The maximum atomic E-state index is 12.7. The summed E-state index contributed by atoms with van der Waals surface area (Å²) >= 11 is 5.89. The van der Waals surface area contributed by atoms with Crippen molar-refractivity contribution in [2.75, 3.05) is 5.32 Å². The van der Waals surface area contributed by atoms with E-state index in [1.165, 1.54) is 0 Å². The van der Waals surface area contributed by atoms with Crippen LogP contribution >= 0.6 is 11.6 Å². The van der Waals surface area contributed by atoms with E-state index < -0.39 is 0 Å². The number of nitrogens with one attached hydrogen (secondary N) is 1. The van der Waals surface area contributed by atoms with Gasteiger partial charge in [0.05, 0.1) is 11.1 Å². The molecule has 29 heavy (non-hydrogen) atoms. The second-order valence-electron chi connectivity index (χ2n) is 7.09. The Kier molecular flexibility index (Phi) is 3.96. The molecule has 0 saturated heterocycles. The number of carbonyl (C=O) groups is 1. The molecule has 0 fully saturated rings. The van der Waals surface area contributed by atoms with Gasteiger partial charge in [0.25, 0.3) is 5.91 Å². The van der Waals surface area contributed by atoms with Gasteiger partial charge in [-0.25, -0.2) is 0 Å². The zero-order valence-electron chi connectivity index (χ0n) is 15.6. The number of aromatic nitrogens is 1. The van der Waals surface area contributed by atoms with E-state index in [1.807, 2.05) is 25.2 Å². The van der Waals surface area contributed by atoms with Crippen molar-refractivity contribution >= 4 is 55.8 Å². The third-order valence-electron chi connectivity index (χ3n) is 5.35. The molecule has 5 heteroatoms. The topological polar surface area (TPSA) is 54.3 Å². The number of amides is 1. The Hall–Kier alpha value is -3.50. The van der Waals surface area contributed by atoms with Crippen molar-refractivity contribution in [1.82, 2.24) is 4.57 Å². The quantitative estimate of drug-likeness (QED) is 0.376. The molecule has 0 radical (unpaired) electrons. The molecule has 1 heterocycles.